The van der Waals surface area contributed by atoms with Crippen molar-refractivity contribution < 1.29 is 23.8 Å². The van der Waals surface area contributed by atoms with Gasteiger partial charge in [-0.3, -0.25) is 0 Å². The Bertz CT molecular complexity index is 776. The van der Waals surface area contributed by atoms with Gasteiger partial charge in [0.15, 0.2) is 11.5 Å². The van der Waals surface area contributed by atoms with Gasteiger partial charge in [0, 0.05) is 42.9 Å². The Labute approximate surface area is 155 Å². The minimum absolute atomic E-state index is 0.0370. The number of aliphatic hydroxyl groups excluding tert-OH is 1. The van der Waals surface area contributed by atoms with E-state index in [1.54, 1.807) is 14.2 Å². The molecule has 5 nitrogen and oxygen atoms in total. The molecule has 4 aliphatic rings. The quantitative estimate of drug-likeness (QED) is 0.824. The van der Waals surface area contributed by atoms with E-state index in [-0.39, 0.29) is 5.41 Å². The molecule has 0 saturated heterocycles. The first kappa shape index (κ1) is 16.8. The lowest BCUT2D eigenvalue weighted by Crippen LogP contribution is -2.62. The number of ether oxygens (including phenoxy) is 3. The van der Waals surface area contributed by atoms with Gasteiger partial charge in [-0.2, -0.15) is 0 Å². The second kappa shape index (κ2) is 5.15. The number of likely N-dealkylation sites (N-methyl/N-ethyl adjacent to an activating group) is 1. The molecule has 2 bridgehead atoms. The molecule has 1 fully saturated rings. The highest BCUT2D eigenvalue weighted by molar-refractivity contribution is 5.62. The molecule has 5 heteroatoms. The van der Waals surface area contributed by atoms with Gasteiger partial charge in [-0.15, -0.1) is 0 Å². The lowest BCUT2D eigenvalue weighted by Gasteiger charge is -2.58. The molecule has 4 atom stereocenters. The summed E-state index contributed by atoms with van der Waals surface area (Å²) in [6.07, 6.45) is 5.26. The molecular formula is C21H30NO4+. The van der Waals surface area contributed by atoms with Crippen LogP contribution in [0.5, 0.6) is 11.5 Å². The summed E-state index contributed by atoms with van der Waals surface area (Å²) in [6.45, 7) is 1.16. The zero-order chi connectivity index (χ0) is 18.3. The fourth-order valence-electron chi connectivity index (χ4n) is 6.28. The van der Waals surface area contributed by atoms with Gasteiger partial charge < -0.3 is 23.8 Å². The molecule has 1 saturated carbocycles. The monoisotopic (exact) mass is 360 g/mol. The van der Waals surface area contributed by atoms with Crippen molar-refractivity contribution in [2.75, 3.05) is 34.9 Å². The number of hydrogen-bond donors (Lipinski definition) is 1. The number of aliphatic hydroxyl groups is 1. The van der Waals surface area contributed by atoms with E-state index in [0.717, 1.165) is 54.6 Å². The van der Waals surface area contributed by atoms with Gasteiger partial charge in [0.1, 0.15) is 12.1 Å². The van der Waals surface area contributed by atoms with E-state index in [9.17, 15) is 5.11 Å². The Kier molecular flexibility index (Phi) is 3.34. The summed E-state index contributed by atoms with van der Waals surface area (Å²) in [7, 11) is 8.08. The van der Waals surface area contributed by atoms with Crippen molar-refractivity contribution >= 4 is 0 Å². The molecule has 142 valence electrons. The molecule has 1 spiro atoms. The predicted molar refractivity (Wildman–Crippen MR) is 97.6 cm³/mol. The summed E-state index contributed by atoms with van der Waals surface area (Å²) in [5.41, 5.74) is 4.34. The van der Waals surface area contributed by atoms with Gasteiger partial charge >= 0.3 is 0 Å². The highest BCUT2D eigenvalue weighted by Crippen LogP contribution is 2.64. The van der Waals surface area contributed by atoms with Crippen LogP contribution in [0, 0.1) is 0 Å². The van der Waals surface area contributed by atoms with Crippen LogP contribution in [0.1, 0.15) is 54.8 Å². The van der Waals surface area contributed by atoms with E-state index in [1.165, 1.54) is 23.1 Å². The maximum absolute atomic E-state index is 10.7. The number of benzene rings is 1. The second-order valence-electron chi connectivity index (χ2n) is 9.29. The number of nitrogens with zero attached hydrogens (tertiary/aromatic N) is 1. The summed E-state index contributed by atoms with van der Waals surface area (Å²) in [4.78, 5) is 0. The van der Waals surface area contributed by atoms with Crippen LogP contribution in [0.4, 0.5) is 0 Å². The third-order valence-electron chi connectivity index (χ3n) is 7.76. The Hall–Kier alpha value is -1.30. The number of rotatable bonds is 2. The fourth-order valence-corrected chi connectivity index (χ4v) is 6.28. The van der Waals surface area contributed by atoms with Crippen molar-refractivity contribution in [2.24, 2.45) is 0 Å². The first-order valence-electron chi connectivity index (χ1n) is 9.85. The average molecular weight is 360 g/mol. The second-order valence-corrected chi connectivity index (χ2v) is 9.29. The standard InChI is InChI=1S/C21H30NO4/c1-22(2)10-7-13-11-15(24-3)19-18-17(13)14(22)5-8-20(18)9-6-16(23)21(12-20,25-4)26-19/h11,14,16,23H,5-10,12H2,1-4H3/q+1/t14-,16+,20-,21-/m0/s1. The van der Waals surface area contributed by atoms with Crippen LogP contribution in [0.3, 0.4) is 0 Å². The van der Waals surface area contributed by atoms with Crippen molar-refractivity contribution in [3.05, 3.63) is 22.8 Å². The maximum Gasteiger partial charge on any atom is 0.237 e. The minimum Gasteiger partial charge on any atom is -0.493 e. The average Bonchev–Trinajstić information content (AvgIpc) is 2.63. The van der Waals surface area contributed by atoms with Crippen molar-refractivity contribution in [1.82, 2.24) is 0 Å². The van der Waals surface area contributed by atoms with E-state index in [2.05, 4.69) is 20.2 Å². The van der Waals surface area contributed by atoms with E-state index in [1.807, 2.05) is 0 Å². The third-order valence-corrected chi connectivity index (χ3v) is 7.76. The molecular weight excluding hydrogens is 330 g/mol. The molecule has 0 aromatic heterocycles. The van der Waals surface area contributed by atoms with Gasteiger partial charge in [0.2, 0.25) is 5.79 Å². The first-order valence-corrected chi connectivity index (χ1v) is 9.85. The smallest absolute Gasteiger partial charge is 0.237 e. The third kappa shape index (κ3) is 1.92. The lowest BCUT2D eigenvalue weighted by molar-refractivity contribution is -0.924. The molecule has 1 aromatic carbocycles. The zero-order valence-electron chi connectivity index (χ0n) is 16.3. The van der Waals surface area contributed by atoms with Crippen LogP contribution in [0.2, 0.25) is 0 Å². The van der Waals surface area contributed by atoms with Crippen molar-refractivity contribution in [2.45, 2.75) is 61.9 Å². The van der Waals surface area contributed by atoms with Crippen molar-refractivity contribution in [3.8, 4) is 11.5 Å². The molecule has 2 aliphatic carbocycles. The number of hydrogen-bond acceptors (Lipinski definition) is 4. The molecule has 5 rings (SSSR count). The van der Waals surface area contributed by atoms with E-state index in [4.69, 9.17) is 14.2 Å². The van der Waals surface area contributed by atoms with Crippen LogP contribution in [-0.2, 0) is 16.6 Å². The topological polar surface area (TPSA) is 47.9 Å². The normalized spacial score (nSPS) is 39.0. The van der Waals surface area contributed by atoms with Gasteiger partial charge in [0.25, 0.3) is 0 Å². The van der Waals surface area contributed by atoms with Crippen LogP contribution in [0.15, 0.2) is 6.07 Å². The van der Waals surface area contributed by atoms with Gasteiger partial charge in [-0.05, 0) is 30.9 Å². The summed E-state index contributed by atoms with van der Waals surface area (Å²) in [6, 6.07) is 2.70. The maximum atomic E-state index is 10.7. The van der Waals surface area contributed by atoms with Gasteiger partial charge in [0.05, 0.1) is 27.7 Å². The van der Waals surface area contributed by atoms with Crippen LogP contribution in [-0.4, -0.2) is 56.3 Å². The first-order chi connectivity index (χ1) is 12.4. The predicted octanol–water partition coefficient (Wildman–Crippen LogP) is 2.68. The van der Waals surface area contributed by atoms with Gasteiger partial charge in [-0.25, -0.2) is 0 Å². The number of methoxy groups -OCH3 is 2. The lowest BCUT2D eigenvalue weighted by atomic mass is 9.56. The largest absolute Gasteiger partial charge is 0.493 e. The van der Waals surface area contributed by atoms with Crippen LogP contribution in [0.25, 0.3) is 0 Å². The minimum atomic E-state index is -0.946. The molecule has 26 heavy (non-hydrogen) atoms. The Morgan fingerprint density at radius 1 is 1.23 bits per heavy atom. The number of quaternary nitrogens is 1. The summed E-state index contributed by atoms with van der Waals surface area (Å²) < 4.78 is 19.1. The Balaban J connectivity index is 1.81. The molecule has 0 radical (unpaired) electrons. The van der Waals surface area contributed by atoms with Gasteiger partial charge in [-0.1, -0.05) is 0 Å². The molecule has 2 heterocycles. The van der Waals surface area contributed by atoms with Crippen molar-refractivity contribution in [3.63, 3.8) is 0 Å². The molecule has 0 amide bonds. The number of fused-ring (bicyclic) bond motifs is 1. The summed E-state index contributed by atoms with van der Waals surface area (Å²) in [5.74, 6) is 0.675. The molecule has 1 aromatic rings. The Morgan fingerprint density at radius 2 is 2.00 bits per heavy atom. The van der Waals surface area contributed by atoms with Crippen molar-refractivity contribution in [1.29, 1.82) is 0 Å². The van der Waals surface area contributed by atoms with E-state index < -0.39 is 11.9 Å². The highest BCUT2D eigenvalue weighted by atomic mass is 16.7. The SMILES string of the molecule is COc1cc2c3c4c1O[C@@]1(OC)C[C@@]4(CC[C@H]1O)CC[C@@H]3[N+](C)(C)CC2. The zero-order valence-corrected chi connectivity index (χ0v) is 16.3. The fraction of sp³-hybridized carbons (Fsp3) is 0.714. The van der Waals surface area contributed by atoms with E-state index >= 15 is 0 Å². The molecule has 1 N–H and O–H groups in total. The highest BCUT2D eigenvalue weighted by Gasteiger charge is 2.61. The summed E-state index contributed by atoms with van der Waals surface area (Å²) in [5, 5.41) is 10.7. The van der Waals surface area contributed by atoms with E-state index in [0.29, 0.717) is 6.04 Å². The molecule has 0 unspecified atom stereocenters. The summed E-state index contributed by atoms with van der Waals surface area (Å²) >= 11 is 0. The Morgan fingerprint density at radius 3 is 2.73 bits per heavy atom. The molecule has 2 aliphatic heterocycles. The van der Waals surface area contributed by atoms with Crippen LogP contribution >= 0.6 is 0 Å². The van der Waals surface area contributed by atoms with Crippen LogP contribution < -0.4 is 9.47 Å².